The summed E-state index contributed by atoms with van der Waals surface area (Å²) in [5.74, 6) is -0.993. The summed E-state index contributed by atoms with van der Waals surface area (Å²) in [5.41, 5.74) is -0.0460. The van der Waals surface area contributed by atoms with Gasteiger partial charge in [0.1, 0.15) is 11.6 Å². The number of hydrogen-bond acceptors (Lipinski definition) is 4. The molecule has 0 fully saturated rings. The lowest BCUT2D eigenvalue weighted by atomic mass is 10.3. The molecule has 0 aliphatic heterocycles. The van der Waals surface area contributed by atoms with Gasteiger partial charge >= 0.3 is 0 Å². The average Bonchev–Trinajstić information content (AvgIpc) is 2.61. The number of halogens is 4. The Hall–Kier alpha value is -0.790. The smallest absolute Gasteiger partial charge is 0.187 e. The van der Waals surface area contributed by atoms with Crippen LogP contribution in [-0.2, 0) is 0 Å². The molecule has 0 radical (unpaired) electrons. The molecule has 1 aromatic heterocycles. The summed E-state index contributed by atoms with van der Waals surface area (Å²) >= 11 is 9.42. The third-order valence-corrected chi connectivity index (χ3v) is 3.21. The van der Waals surface area contributed by atoms with Crippen molar-refractivity contribution in [2.75, 3.05) is 5.32 Å². The predicted molar refractivity (Wildman–Crippen MR) is 62.3 cm³/mol. The molecular weight excluding hydrogens is 324 g/mol. The van der Waals surface area contributed by atoms with Crippen LogP contribution in [0.4, 0.5) is 20.3 Å². The molecule has 1 N–H and O–H groups in total. The molecule has 0 bridgehead atoms. The molecular formula is C8H3BrClF2N3S. The maximum atomic E-state index is 13.4. The van der Waals surface area contributed by atoms with E-state index in [0.717, 1.165) is 23.9 Å². The van der Waals surface area contributed by atoms with Crippen molar-refractivity contribution in [1.29, 1.82) is 0 Å². The van der Waals surface area contributed by atoms with Crippen molar-refractivity contribution in [3.8, 4) is 0 Å². The minimum absolute atomic E-state index is 0.0460. The Labute approximate surface area is 107 Å². The lowest BCUT2D eigenvalue weighted by Gasteiger charge is -2.05. The molecule has 3 nitrogen and oxygen atoms in total. The van der Waals surface area contributed by atoms with Crippen LogP contribution in [0, 0.1) is 11.6 Å². The first-order valence-electron chi connectivity index (χ1n) is 3.97. The number of benzene rings is 1. The summed E-state index contributed by atoms with van der Waals surface area (Å²) in [4.78, 5) is 0. The fourth-order valence-electron chi connectivity index (χ4n) is 0.998. The molecule has 0 aliphatic rings. The van der Waals surface area contributed by atoms with E-state index in [9.17, 15) is 8.78 Å². The number of nitrogens with one attached hydrogen (secondary N) is 1. The maximum absolute atomic E-state index is 13.4. The number of aromatic nitrogens is 2. The van der Waals surface area contributed by atoms with Crippen LogP contribution in [0.5, 0.6) is 0 Å². The van der Waals surface area contributed by atoms with Gasteiger partial charge in [-0.3, -0.25) is 0 Å². The van der Waals surface area contributed by atoms with Crippen molar-refractivity contribution in [3.63, 3.8) is 0 Å². The molecule has 1 aromatic carbocycles. The summed E-state index contributed by atoms with van der Waals surface area (Å²) in [6, 6.07) is 2.03. The van der Waals surface area contributed by atoms with Gasteiger partial charge < -0.3 is 5.32 Å². The lowest BCUT2D eigenvalue weighted by molar-refractivity contribution is 0.598. The zero-order valence-electron chi connectivity index (χ0n) is 7.47. The van der Waals surface area contributed by atoms with Gasteiger partial charge in [0.2, 0.25) is 0 Å². The molecule has 0 saturated heterocycles. The van der Waals surface area contributed by atoms with Gasteiger partial charge in [-0.05, 0) is 22.0 Å². The van der Waals surface area contributed by atoms with E-state index in [1.165, 1.54) is 0 Å². The van der Waals surface area contributed by atoms with Gasteiger partial charge in [-0.2, -0.15) is 8.75 Å². The first kappa shape index (κ1) is 11.7. The molecule has 0 atom stereocenters. The number of nitrogens with zero attached hydrogens (tertiary/aromatic N) is 2. The van der Waals surface area contributed by atoms with Crippen LogP contribution in [0.15, 0.2) is 16.6 Å². The van der Waals surface area contributed by atoms with Crippen LogP contribution in [0.2, 0.25) is 5.15 Å². The third-order valence-electron chi connectivity index (χ3n) is 1.71. The number of hydrogen-bond donors (Lipinski definition) is 1. The molecule has 2 aromatic rings. The van der Waals surface area contributed by atoms with Crippen molar-refractivity contribution in [2.45, 2.75) is 0 Å². The Morgan fingerprint density at radius 3 is 2.62 bits per heavy atom. The SMILES string of the molecule is Fc1cc(Nc2nsnc2Cl)c(F)cc1Br. The van der Waals surface area contributed by atoms with Gasteiger partial charge in [-0.1, -0.05) is 11.6 Å². The Morgan fingerprint density at radius 1 is 1.25 bits per heavy atom. The van der Waals surface area contributed by atoms with E-state index in [-0.39, 0.29) is 21.1 Å². The van der Waals surface area contributed by atoms with E-state index in [2.05, 4.69) is 30.0 Å². The summed E-state index contributed by atoms with van der Waals surface area (Å²) in [6.45, 7) is 0. The second-order valence-corrected chi connectivity index (χ2v) is 4.52. The van der Waals surface area contributed by atoms with Crippen molar-refractivity contribution in [1.82, 2.24) is 8.75 Å². The minimum Gasteiger partial charge on any atom is -0.334 e. The predicted octanol–water partition coefficient (Wildman–Crippen LogP) is 3.98. The molecule has 16 heavy (non-hydrogen) atoms. The second kappa shape index (κ2) is 4.60. The fourth-order valence-corrected chi connectivity index (χ4v) is 1.96. The summed E-state index contributed by atoms with van der Waals surface area (Å²) in [5, 5.41) is 2.68. The van der Waals surface area contributed by atoms with Gasteiger partial charge in [-0.15, -0.1) is 0 Å². The van der Waals surface area contributed by atoms with E-state index in [1.807, 2.05) is 0 Å². The second-order valence-electron chi connectivity index (χ2n) is 2.77. The van der Waals surface area contributed by atoms with Crippen LogP contribution >= 0.6 is 39.3 Å². The molecule has 1 heterocycles. The van der Waals surface area contributed by atoms with E-state index in [1.54, 1.807) is 0 Å². The molecule has 0 saturated carbocycles. The number of rotatable bonds is 2. The lowest BCUT2D eigenvalue weighted by Crippen LogP contribution is -1.96. The molecule has 84 valence electrons. The highest BCUT2D eigenvalue weighted by molar-refractivity contribution is 9.10. The fraction of sp³-hybridized carbons (Fsp3) is 0. The van der Waals surface area contributed by atoms with Crippen molar-refractivity contribution >= 4 is 50.8 Å². The quantitative estimate of drug-likeness (QED) is 0.848. The van der Waals surface area contributed by atoms with E-state index >= 15 is 0 Å². The highest BCUT2D eigenvalue weighted by atomic mass is 79.9. The number of anilines is 2. The Bertz CT molecular complexity index is 534. The van der Waals surface area contributed by atoms with Crippen LogP contribution < -0.4 is 5.32 Å². The van der Waals surface area contributed by atoms with Gasteiger partial charge in [-0.25, -0.2) is 8.78 Å². The van der Waals surface area contributed by atoms with Crippen LogP contribution in [0.3, 0.4) is 0 Å². The summed E-state index contributed by atoms with van der Waals surface area (Å²) in [7, 11) is 0. The first-order chi connectivity index (χ1) is 7.58. The molecule has 2 rings (SSSR count). The first-order valence-corrected chi connectivity index (χ1v) is 5.87. The largest absolute Gasteiger partial charge is 0.334 e. The average molecular weight is 327 g/mol. The van der Waals surface area contributed by atoms with Crippen LogP contribution in [0.1, 0.15) is 0 Å². The van der Waals surface area contributed by atoms with Gasteiger partial charge in [0, 0.05) is 6.07 Å². The zero-order chi connectivity index (χ0) is 11.7. The van der Waals surface area contributed by atoms with Crippen LogP contribution in [0.25, 0.3) is 0 Å². The van der Waals surface area contributed by atoms with Crippen molar-refractivity contribution in [2.24, 2.45) is 0 Å². The summed E-state index contributed by atoms with van der Waals surface area (Å²) in [6.07, 6.45) is 0. The Morgan fingerprint density at radius 2 is 2.00 bits per heavy atom. The van der Waals surface area contributed by atoms with Gasteiger partial charge in [0.25, 0.3) is 0 Å². The van der Waals surface area contributed by atoms with Gasteiger partial charge in [0.15, 0.2) is 11.0 Å². The molecule has 0 amide bonds. The third kappa shape index (κ3) is 2.31. The normalized spacial score (nSPS) is 10.5. The van der Waals surface area contributed by atoms with E-state index < -0.39 is 11.6 Å². The molecule has 0 spiro atoms. The van der Waals surface area contributed by atoms with Crippen LogP contribution in [-0.4, -0.2) is 8.75 Å². The Kier molecular flexibility index (Phi) is 3.36. The maximum Gasteiger partial charge on any atom is 0.187 e. The zero-order valence-corrected chi connectivity index (χ0v) is 10.6. The monoisotopic (exact) mass is 325 g/mol. The van der Waals surface area contributed by atoms with E-state index in [4.69, 9.17) is 11.6 Å². The summed E-state index contributed by atoms with van der Waals surface area (Å²) < 4.78 is 34.1. The highest BCUT2D eigenvalue weighted by Crippen LogP contribution is 2.28. The highest BCUT2D eigenvalue weighted by Gasteiger charge is 2.11. The van der Waals surface area contributed by atoms with Crippen molar-refractivity contribution in [3.05, 3.63) is 33.4 Å². The Balaban J connectivity index is 2.35. The van der Waals surface area contributed by atoms with E-state index in [0.29, 0.717) is 0 Å². The standard InChI is InChI=1S/C8H3BrClF2N3S/c9-3-1-5(12)6(2-4(3)11)13-8-7(10)14-16-15-8/h1-2H,(H,13,15). The molecule has 8 heteroatoms. The molecule has 0 aliphatic carbocycles. The van der Waals surface area contributed by atoms with Crippen molar-refractivity contribution < 1.29 is 8.78 Å². The molecule has 0 unspecified atom stereocenters. The topological polar surface area (TPSA) is 37.8 Å². The minimum atomic E-state index is -0.614. The van der Waals surface area contributed by atoms with Gasteiger partial charge in [0.05, 0.1) is 21.9 Å².